The number of hydrogen-bond acceptors (Lipinski definition) is 3. The summed E-state index contributed by atoms with van der Waals surface area (Å²) in [5.41, 5.74) is 0.169. The lowest BCUT2D eigenvalue weighted by molar-refractivity contribution is 0.0292. The van der Waals surface area contributed by atoms with E-state index in [1.54, 1.807) is 24.2 Å². The molecule has 24 heavy (non-hydrogen) atoms. The third-order valence-corrected chi connectivity index (χ3v) is 4.18. The quantitative estimate of drug-likeness (QED) is 0.871. The van der Waals surface area contributed by atoms with Crippen LogP contribution in [0.15, 0.2) is 17.2 Å². The van der Waals surface area contributed by atoms with Gasteiger partial charge in [0.15, 0.2) is 5.82 Å². The molecular weight excluding hydrogens is 313 g/mol. The molecule has 3 rings (SSSR count). The standard InChI is InChI=1S/C17H22FN3O3/c1-10-7-21-9-12(19-15(22)14(21)13(10)18)11-5-6-20(8-11)16(23)24-17(2,3)4/h7,9,11H,5-6,8H2,1-4H3,(H,19,22). The molecular formula is C17H22FN3O3. The molecule has 1 atom stereocenters. The molecule has 0 aromatic carbocycles. The number of ether oxygens (including phenoxy) is 1. The first-order valence-electron chi connectivity index (χ1n) is 8.03. The van der Waals surface area contributed by atoms with Crippen LogP contribution in [0.3, 0.4) is 0 Å². The molecule has 1 saturated heterocycles. The Labute approximate surface area is 139 Å². The maximum absolute atomic E-state index is 13.9. The minimum Gasteiger partial charge on any atom is -0.444 e. The Morgan fingerprint density at radius 1 is 1.38 bits per heavy atom. The Bertz CT molecular complexity index is 847. The van der Waals surface area contributed by atoms with Gasteiger partial charge in [-0.3, -0.25) is 4.79 Å². The SMILES string of the molecule is Cc1cn2cc(C3CCN(C(=O)OC(C)(C)C)C3)[nH]c(=O)c2c1F. The number of likely N-dealkylation sites (tertiary alicyclic amines) is 1. The minimum absolute atomic E-state index is 0.000357. The number of aryl methyl sites for hydroxylation is 1. The largest absolute Gasteiger partial charge is 0.444 e. The van der Waals surface area contributed by atoms with Crippen molar-refractivity contribution in [1.82, 2.24) is 14.3 Å². The minimum atomic E-state index is -0.539. The fourth-order valence-electron chi connectivity index (χ4n) is 3.04. The molecule has 1 unspecified atom stereocenters. The fraction of sp³-hybridized carbons (Fsp3) is 0.529. The topological polar surface area (TPSA) is 66.8 Å². The maximum Gasteiger partial charge on any atom is 0.410 e. The van der Waals surface area contributed by atoms with Crippen LogP contribution in [0.2, 0.25) is 0 Å². The number of fused-ring (bicyclic) bond motifs is 1. The van der Waals surface area contributed by atoms with E-state index in [4.69, 9.17) is 4.74 Å². The summed E-state index contributed by atoms with van der Waals surface area (Å²) < 4.78 is 20.8. The van der Waals surface area contributed by atoms with Crippen LogP contribution in [-0.4, -0.2) is 39.1 Å². The molecule has 130 valence electrons. The van der Waals surface area contributed by atoms with Crippen LogP contribution in [-0.2, 0) is 4.74 Å². The Morgan fingerprint density at radius 3 is 2.75 bits per heavy atom. The van der Waals surface area contributed by atoms with E-state index in [1.807, 2.05) is 20.8 Å². The maximum atomic E-state index is 13.9. The first-order chi connectivity index (χ1) is 11.2. The Morgan fingerprint density at radius 2 is 2.08 bits per heavy atom. The normalized spacial score (nSPS) is 18.4. The van der Waals surface area contributed by atoms with E-state index in [-0.39, 0.29) is 17.5 Å². The van der Waals surface area contributed by atoms with Crippen molar-refractivity contribution >= 4 is 11.6 Å². The van der Waals surface area contributed by atoms with Crippen molar-refractivity contribution in [2.75, 3.05) is 13.1 Å². The number of amides is 1. The van der Waals surface area contributed by atoms with Crippen molar-refractivity contribution in [3.63, 3.8) is 0 Å². The van der Waals surface area contributed by atoms with E-state index in [9.17, 15) is 14.0 Å². The zero-order valence-electron chi connectivity index (χ0n) is 14.4. The van der Waals surface area contributed by atoms with Gasteiger partial charge in [-0.05, 0) is 34.1 Å². The number of aromatic amines is 1. The van der Waals surface area contributed by atoms with Gasteiger partial charge in [-0.25, -0.2) is 9.18 Å². The van der Waals surface area contributed by atoms with Gasteiger partial charge in [-0.15, -0.1) is 0 Å². The predicted octanol–water partition coefficient (Wildman–Crippen LogP) is 2.80. The predicted molar refractivity (Wildman–Crippen MR) is 87.9 cm³/mol. The third-order valence-electron chi connectivity index (χ3n) is 4.18. The van der Waals surface area contributed by atoms with E-state index >= 15 is 0 Å². The second-order valence-electron chi connectivity index (χ2n) is 7.33. The molecule has 0 aliphatic carbocycles. The van der Waals surface area contributed by atoms with Crippen LogP contribution >= 0.6 is 0 Å². The zero-order valence-corrected chi connectivity index (χ0v) is 14.4. The Balaban J connectivity index is 1.82. The average molecular weight is 335 g/mol. The smallest absolute Gasteiger partial charge is 0.410 e. The summed E-state index contributed by atoms with van der Waals surface area (Å²) in [6.45, 7) is 8.14. The van der Waals surface area contributed by atoms with Crippen molar-refractivity contribution < 1.29 is 13.9 Å². The number of carbonyl (C=O) groups excluding carboxylic acids is 1. The second kappa shape index (κ2) is 5.65. The molecule has 0 saturated carbocycles. The van der Waals surface area contributed by atoms with Crippen molar-refractivity contribution in [2.24, 2.45) is 0 Å². The van der Waals surface area contributed by atoms with Gasteiger partial charge in [0.25, 0.3) is 5.56 Å². The summed E-state index contributed by atoms with van der Waals surface area (Å²) in [6, 6.07) is 0. The molecule has 1 aliphatic heterocycles. The van der Waals surface area contributed by atoms with Crippen LogP contribution in [0, 0.1) is 12.7 Å². The van der Waals surface area contributed by atoms with Crippen LogP contribution < -0.4 is 5.56 Å². The molecule has 1 fully saturated rings. The molecule has 0 spiro atoms. The van der Waals surface area contributed by atoms with Gasteiger partial charge in [0.2, 0.25) is 0 Å². The number of carbonyl (C=O) groups is 1. The van der Waals surface area contributed by atoms with Crippen molar-refractivity contribution in [3.05, 3.63) is 39.8 Å². The highest BCUT2D eigenvalue weighted by atomic mass is 19.1. The van der Waals surface area contributed by atoms with Crippen LogP contribution in [0.25, 0.3) is 5.52 Å². The van der Waals surface area contributed by atoms with Gasteiger partial charge in [-0.1, -0.05) is 0 Å². The molecule has 7 heteroatoms. The lowest BCUT2D eigenvalue weighted by Crippen LogP contribution is -2.35. The number of nitrogens with one attached hydrogen (secondary N) is 1. The van der Waals surface area contributed by atoms with Gasteiger partial charge in [0.05, 0.1) is 0 Å². The molecule has 6 nitrogen and oxygen atoms in total. The van der Waals surface area contributed by atoms with Crippen molar-refractivity contribution in [3.8, 4) is 0 Å². The molecule has 2 aromatic heterocycles. The Hall–Kier alpha value is -2.31. The van der Waals surface area contributed by atoms with E-state index in [1.165, 1.54) is 4.40 Å². The second-order valence-corrected chi connectivity index (χ2v) is 7.33. The molecule has 1 aliphatic rings. The molecule has 1 amide bonds. The van der Waals surface area contributed by atoms with E-state index in [0.717, 1.165) is 6.42 Å². The monoisotopic (exact) mass is 335 g/mol. The Kier molecular flexibility index (Phi) is 3.89. The lowest BCUT2D eigenvalue weighted by atomic mass is 10.1. The highest BCUT2D eigenvalue weighted by Crippen LogP contribution is 2.27. The van der Waals surface area contributed by atoms with E-state index in [2.05, 4.69) is 4.98 Å². The summed E-state index contributed by atoms with van der Waals surface area (Å²) in [4.78, 5) is 28.7. The summed E-state index contributed by atoms with van der Waals surface area (Å²) in [7, 11) is 0. The van der Waals surface area contributed by atoms with E-state index < -0.39 is 17.0 Å². The summed E-state index contributed by atoms with van der Waals surface area (Å²) in [6.07, 6.45) is 3.71. The van der Waals surface area contributed by atoms with Gasteiger partial charge in [0.1, 0.15) is 11.1 Å². The number of nitrogens with zero attached hydrogens (tertiary/aromatic N) is 2. The zero-order chi connectivity index (χ0) is 17.6. The van der Waals surface area contributed by atoms with E-state index in [0.29, 0.717) is 24.3 Å². The molecule has 0 radical (unpaired) electrons. The first kappa shape index (κ1) is 16.5. The number of aromatic nitrogens is 2. The lowest BCUT2D eigenvalue weighted by Gasteiger charge is -2.24. The van der Waals surface area contributed by atoms with Gasteiger partial charge in [-0.2, -0.15) is 0 Å². The third kappa shape index (κ3) is 3.02. The van der Waals surface area contributed by atoms with Crippen LogP contribution in [0.4, 0.5) is 9.18 Å². The summed E-state index contributed by atoms with van der Waals surface area (Å²) >= 11 is 0. The number of hydrogen-bond donors (Lipinski definition) is 1. The van der Waals surface area contributed by atoms with Crippen molar-refractivity contribution in [1.29, 1.82) is 0 Å². The summed E-state index contributed by atoms with van der Waals surface area (Å²) in [5.74, 6) is -0.495. The summed E-state index contributed by atoms with van der Waals surface area (Å²) in [5, 5.41) is 0. The highest BCUT2D eigenvalue weighted by Gasteiger charge is 2.31. The first-order valence-corrected chi connectivity index (χ1v) is 8.03. The molecule has 1 N–H and O–H groups in total. The van der Waals surface area contributed by atoms with Crippen LogP contribution in [0.5, 0.6) is 0 Å². The van der Waals surface area contributed by atoms with Gasteiger partial charge in [0, 0.05) is 42.7 Å². The average Bonchev–Trinajstić information content (AvgIpc) is 3.03. The van der Waals surface area contributed by atoms with Crippen molar-refractivity contribution in [2.45, 2.75) is 45.6 Å². The van der Waals surface area contributed by atoms with Crippen LogP contribution in [0.1, 0.15) is 44.4 Å². The highest BCUT2D eigenvalue weighted by molar-refractivity contribution is 5.68. The number of rotatable bonds is 1. The molecule has 2 aromatic rings. The van der Waals surface area contributed by atoms with Gasteiger partial charge < -0.3 is 19.0 Å². The molecule has 3 heterocycles. The molecule has 0 bridgehead atoms. The van der Waals surface area contributed by atoms with Gasteiger partial charge >= 0.3 is 6.09 Å². The number of halogens is 1. The number of H-pyrrole nitrogens is 1. The fourth-order valence-corrected chi connectivity index (χ4v) is 3.04.